The molecule has 0 spiro atoms. The molecule has 3 aliphatic rings. The third-order valence-electron chi connectivity index (χ3n) is 5.68. The fourth-order valence-corrected chi connectivity index (χ4v) is 4.63. The predicted octanol–water partition coefficient (Wildman–Crippen LogP) is -0.149. The fourth-order valence-electron chi connectivity index (χ4n) is 4.31. The Morgan fingerprint density at radius 2 is 2.14 bits per heavy atom. The maximum absolute atomic E-state index is 12.5. The van der Waals surface area contributed by atoms with Crippen molar-refractivity contribution < 1.29 is 27.5 Å². The molecule has 0 saturated carbocycles. The maximum Gasteiger partial charge on any atom is 0.346 e. The van der Waals surface area contributed by atoms with Gasteiger partial charge in [-0.25, -0.2) is 10.3 Å². The molecule has 11 nitrogen and oxygen atoms in total. The van der Waals surface area contributed by atoms with E-state index in [0.717, 1.165) is 24.6 Å². The van der Waals surface area contributed by atoms with Crippen molar-refractivity contribution in [1.29, 1.82) is 0 Å². The van der Waals surface area contributed by atoms with Gasteiger partial charge in [-0.2, -0.15) is 9.27 Å². The molecule has 5 atom stereocenters. The van der Waals surface area contributed by atoms with Crippen LogP contribution < -0.4 is 10.8 Å². The van der Waals surface area contributed by atoms with E-state index < -0.39 is 29.3 Å². The molecule has 1 aromatic rings. The van der Waals surface area contributed by atoms with Crippen molar-refractivity contribution in [2.75, 3.05) is 19.7 Å². The molecular formula is C17H25N5O6S. The minimum Gasteiger partial charge on any atom is -0.354 e. The second-order valence-corrected chi connectivity index (χ2v) is 8.25. The molecule has 3 fully saturated rings. The van der Waals surface area contributed by atoms with E-state index in [1.165, 1.54) is 4.90 Å². The average molecular weight is 427 g/mol. The predicted molar refractivity (Wildman–Crippen MR) is 101 cm³/mol. The molecule has 160 valence electrons. The largest absolute Gasteiger partial charge is 0.354 e. The van der Waals surface area contributed by atoms with Crippen LogP contribution in [0.5, 0.6) is 0 Å². The fraction of sp³-hybridized carbons (Fsp3) is 0.647. The number of nitrogens with one attached hydrogen (secondary N) is 2. The van der Waals surface area contributed by atoms with Gasteiger partial charge in [-0.15, -0.1) is 4.28 Å². The van der Waals surface area contributed by atoms with Gasteiger partial charge in [0.1, 0.15) is 6.04 Å². The van der Waals surface area contributed by atoms with E-state index in [1.54, 1.807) is 0 Å². The minimum atomic E-state index is -2.58. The summed E-state index contributed by atoms with van der Waals surface area (Å²) in [6, 6.07) is 2.57. The standard InChI is InChI=1S/C17H25N5O6S/c23-16(15-4-3-14-10-21(15)17(24)22(14)28-29(25)26)19-27-11-13-7-12(8-18-13)9-20-5-1-2-6-20/h1-2,5-6,12-15,18H,3-4,7-11H2,(H,19,23)(H,25,26)/t12-,13+,14?,15?/m1/s1. The number of hydrogen-bond donors (Lipinski definition) is 3. The van der Waals surface area contributed by atoms with Crippen molar-refractivity contribution in [3.63, 3.8) is 0 Å². The van der Waals surface area contributed by atoms with Gasteiger partial charge in [-0.05, 0) is 37.3 Å². The number of hydrogen-bond acceptors (Lipinski definition) is 6. The van der Waals surface area contributed by atoms with Crippen LogP contribution in [0, 0.1) is 5.92 Å². The zero-order valence-electron chi connectivity index (χ0n) is 15.8. The van der Waals surface area contributed by atoms with Crippen LogP contribution in [-0.2, 0) is 31.8 Å². The summed E-state index contributed by atoms with van der Waals surface area (Å²) in [6.45, 7) is 2.46. The number of urea groups is 1. The SMILES string of the molecule is O=C(NOC[C@@H]1C[C@@H](Cn2cccc2)CN1)C1CCC2CN1C(=O)N2OS(=O)O. The Morgan fingerprint density at radius 1 is 1.34 bits per heavy atom. The minimum absolute atomic E-state index is 0.156. The van der Waals surface area contributed by atoms with Gasteiger partial charge in [-0.1, -0.05) is 0 Å². The molecule has 3 saturated heterocycles. The van der Waals surface area contributed by atoms with Crippen LogP contribution in [-0.4, -0.2) is 73.1 Å². The lowest BCUT2D eigenvalue weighted by Gasteiger charge is -2.29. The number of piperidine rings is 1. The van der Waals surface area contributed by atoms with E-state index in [4.69, 9.17) is 9.39 Å². The quantitative estimate of drug-likeness (QED) is 0.389. The van der Waals surface area contributed by atoms with Gasteiger partial charge in [0, 0.05) is 38.1 Å². The van der Waals surface area contributed by atoms with Crippen molar-refractivity contribution >= 4 is 23.3 Å². The van der Waals surface area contributed by atoms with Gasteiger partial charge in [0.25, 0.3) is 5.91 Å². The lowest BCUT2D eigenvalue weighted by molar-refractivity contribution is -0.139. The summed E-state index contributed by atoms with van der Waals surface area (Å²) in [4.78, 5) is 31.6. The number of fused-ring (bicyclic) bond motifs is 2. The summed E-state index contributed by atoms with van der Waals surface area (Å²) in [7, 11) is 0. The molecule has 2 bridgehead atoms. The molecule has 0 aliphatic carbocycles. The zero-order valence-corrected chi connectivity index (χ0v) is 16.6. The summed E-state index contributed by atoms with van der Waals surface area (Å²) in [6.07, 6.45) is 5.98. The molecule has 12 heteroatoms. The van der Waals surface area contributed by atoms with Gasteiger partial charge in [0.2, 0.25) is 0 Å². The van der Waals surface area contributed by atoms with E-state index in [2.05, 4.69) is 19.6 Å². The first-order valence-corrected chi connectivity index (χ1v) is 10.7. The van der Waals surface area contributed by atoms with E-state index in [9.17, 15) is 13.8 Å². The van der Waals surface area contributed by atoms with Crippen LogP contribution in [0.4, 0.5) is 4.79 Å². The Morgan fingerprint density at radius 3 is 2.90 bits per heavy atom. The normalized spacial score (nSPS) is 30.0. The maximum atomic E-state index is 12.5. The van der Waals surface area contributed by atoms with Crippen LogP contribution in [0.2, 0.25) is 0 Å². The number of carbonyl (C=O) groups is 2. The highest BCUT2D eigenvalue weighted by Crippen LogP contribution is 2.30. The monoisotopic (exact) mass is 427 g/mol. The molecular weight excluding hydrogens is 402 g/mol. The number of aromatic nitrogens is 1. The number of carbonyl (C=O) groups excluding carboxylic acids is 2. The molecule has 1 aromatic heterocycles. The lowest BCUT2D eigenvalue weighted by Crippen LogP contribution is -2.50. The van der Waals surface area contributed by atoms with Crippen molar-refractivity contribution in [2.45, 2.75) is 43.9 Å². The Balaban J connectivity index is 1.20. The van der Waals surface area contributed by atoms with Gasteiger partial charge < -0.3 is 14.8 Å². The first-order chi connectivity index (χ1) is 14.0. The molecule has 0 aromatic carbocycles. The van der Waals surface area contributed by atoms with E-state index in [-0.39, 0.29) is 18.6 Å². The van der Waals surface area contributed by atoms with Gasteiger partial charge in [0.05, 0.1) is 12.6 Å². The summed E-state index contributed by atoms with van der Waals surface area (Å²) in [5.41, 5.74) is 2.45. The molecule has 3 aliphatic heterocycles. The van der Waals surface area contributed by atoms with Gasteiger partial charge >= 0.3 is 17.4 Å². The highest BCUT2D eigenvalue weighted by atomic mass is 32.2. The van der Waals surface area contributed by atoms with Crippen LogP contribution in [0.25, 0.3) is 0 Å². The molecule has 0 radical (unpaired) electrons. The molecule has 3 unspecified atom stereocenters. The van der Waals surface area contributed by atoms with Crippen molar-refractivity contribution in [2.24, 2.45) is 5.92 Å². The number of rotatable bonds is 8. The molecule has 4 rings (SSSR count). The summed E-state index contributed by atoms with van der Waals surface area (Å²) >= 11 is -2.58. The van der Waals surface area contributed by atoms with E-state index in [1.807, 2.05) is 24.5 Å². The highest BCUT2D eigenvalue weighted by Gasteiger charge is 2.48. The summed E-state index contributed by atoms with van der Waals surface area (Å²) in [5, 5.41) is 4.29. The number of hydroxylamine groups is 3. The van der Waals surface area contributed by atoms with Crippen LogP contribution in [0.3, 0.4) is 0 Å². The third-order valence-corrected chi connectivity index (χ3v) is 5.96. The second kappa shape index (κ2) is 8.79. The van der Waals surface area contributed by atoms with Crippen LogP contribution >= 0.6 is 0 Å². The zero-order chi connectivity index (χ0) is 20.4. The van der Waals surface area contributed by atoms with Gasteiger partial charge in [0.15, 0.2) is 0 Å². The Kier molecular flexibility index (Phi) is 6.15. The Bertz CT molecular complexity index is 762. The number of nitrogens with zero attached hydrogens (tertiary/aromatic N) is 3. The van der Waals surface area contributed by atoms with E-state index >= 15 is 0 Å². The van der Waals surface area contributed by atoms with Crippen molar-refractivity contribution in [3.05, 3.63) is 24.5 Å². The topological polar surface area (TPSA) is 125 Å². The van der Waals surface area contributed by atoms with Crippen LogP contribution in [0.1, 0.15) is 19.3 Å². The molecule has 4 heterocycles. The highest BCUT2D eigenvalue weighted by molar-refractivity contribution is 7.74. The van der Waals surface area contributed by atoms with Crippen LogP contribution in [0.15, 0.2) is 24.5 Å². The van der Waals surface area contributed by atoms with E-state index in [0.29, 0.717) is 25.4 Å². The van der Waals surface area contributed by atoms with Crippen molar-refractivity contribution in [3.8, 4) is 0 Å². The van der Waals surface area contributed by atoms with Crippen molar-refractivity contribution in [1.82, 2.24) is 25.3 Å². The Hall–Kier alpha value is -1.99. The number of amides is 3. The van der Waals surface area contributed by atoms with Gasteiger partial charge in [-0.3, -0.25) is 14.2 Å². The Labute approximate surface area is 170 Å². The third kappa shape index (κ3) is 4.61. The molecule has 3 amide bonds. The lowest BCUT2D eigenvalue weighted by atomic mass is 10.0. The summed E-state index contributed by atoms with van der Waals surface area (Å²) in [5.74, 6) is 0.109. The first-order valence-electron chi connectivity index (χ1n) is 9.66. The molecule has 3 N–H and O–H groups in total. The smallest absolute Gasteiger partial charge is 0.346 e. The average Bonchev–Trinajstić information content (AvgIpc) is 3.41. The second-order valence-electron chi connectivity index (χ2n) is 7.66. The summed E-state index contributed by atoms with van der Waals surface area (Å²) < 4.78 is 26.5. The molecule has 29 heavy (non-hydrogen) atoms. The first kappa shape index (κ1) is 20.3.